The van der Waals surface area contributed by atoms with Gasteiger partial charge in [-0.05, 0) is 55.5 Å². The van der Waals surface area contributed by atoms with Crippen LogP contribution in [0.2, 0.25) is 0 Å². The number of ether oxygens (including phenoxy) is 1. The van der Waals surface area contributed by atoms with E-state index >= 15 is 0 Å². The Balaban J connectivity index is 1.20. The van der Waals surface area contributed by atoms with E-state index in [1.807, 2.05) is 0 Å². The molecule has 7 nitrogen and oxygen atoms in total. The van der Waals surface area contributed by atoms with Crippen molar-refractivity contribution in [3.05, 3.63) is 56.4 Å². The molecule has 3 aromatic rings. The average Bonchev–Trinajstić information content (AvgIpc) is 3.17. The van der Waals surface area contributed by atoms with E-state index in [4.69, 9.17) is 4.98 Å². The number of aromatic nitrogens is 2. The number of rotatable bonds is 4. The van der Waals surface area contributed by atoms with Crippen molar-refractivity contribution >= 4 is 27.5 Å². The highest BCUT2D eigenvalue weighted by Gasteiger charge is 2.31. The van der Waals surface area contributed by atoms with Crippen molar-refractivity contribution in [2.75, 3.05) is 26.2 Å². The fourth-order valence-electron chi connectivity index (χ4n) is 4.59. The number of alkyl halides is 3. The zero-order valence-electron chi connectivity index (χ0n) is 18.3. The highest BCUT2D eigenvalue weighted by molar-refractivity contribution is 7.18. The van der Waals surface area contributed by atoms with Gasteiger partial charge in [-0.15, -0.1) is 24.5 Å². The van der Waals surface area contributed by atoms with E-state index in [9.17, 15) is 22.8 Å². The van der Waals surface area contributed by atoms with Crippen LogP contribution in [0.15, 0.2) is 29.1 Å². The van der Waals surface area contributed by atoms with Crippen molar-refractivity contribution in [3.63, 3.8) is 0 Å². The minimum absolute atomic E-state index is 0.0776. The van der Waals surface area contributed by atoms with Crippen molar-refractivity contribution in [2.24, 2.45) is 0 Å². The van der Waals surface area contributed by atoms with Crippen LogP contribution in [0.1, 0.15) is 39.5 Å². The molecule has 1 saturated heterocycles. The first kappa shape index (κ1) is 22.9. The molecule has 2 aromatic heterocycles. The Labute approximate surface area is 197 Å². The number of aryl methyl sites for hydroxylation is 2. The first-order chi connectivity index (χ1) is 16.3. The predicted octanol–water partition coefficient (Wildman–Crippen LogP) is 3.72. The third-order valence-corrected chi connectivity index (χ3v) is 7.43. The number of carbonyl (C=O) groups excluding carboxylic acids is 1. The zero-order chi connectivity index (χ0) is 23.9. The summed E-state index contributed by atoms with van der Waals surface area (Å²) in [5.41, 5.74) is 1.39. The zero-order valence-corrected chi connectivity index (χ0v) is 19.1. The summed E-state index contributed by atoms with van der Waals surface area (Å²) < 4.78 is 40.8. The molecule has 0 bridgehead atoms. The van der Waals surface area contributed by atoms with Crippen molar-refractivity contribution in [3.8, 4) is 5.75 Å². The maximum atomic E-state index is 12.7. The Morgan fingerprint density at radius 2 is 1.79 bits per heavy atom. The molecule has 1 aromatic carbocycles. The van der Waals surface area contributed by atoms with E-state index in [1.54, 1.807) is 16.2 Å². The minimum Gasteiger partial charge on any atom is -0.406 e. The fraction of sp³-hybridized carbons (Fsp3) is 0.435. The molecule has 34 heavy (non-hydrogen) atoms. The van der Waals surface area contributed by atoms with Crippen LogP contribution in [-0.4, -0.2) is 58.2 Å². The molecule has 2 aliphatic rings. The summed E-state index contributed by atoms with van der Waals surface area (Å²) in [6.07, 6.45) is -0.561. The van der Waals surface area contributed by atoms with E-state index in [-0.39, 0.29) is 17.2 Å². The number of hydrogen-bond acceptors (Lipinski definition) is 6. The van der Waals surface area contributed by atoms with Gasteiger partial charge in [-0.2, -0.15) is 0 Å². The largest absolute Gasteiger partial charge is 0.573 e. The Bertz CT molecular complexity index is 1260. The molecule has 11 heteroatoms. The Kier molecular flexibility index (Phi) is 6.07. The van der Waals surface area contributed by atoms with E-state index in [0.717, 1.165) is 53.6 Å². The van der Waals surface area contributed by atoms with Gasteiger partial charge in [-0.3, -0.25) is 14.5 Å². The highest BCUT2D eigenvalue weighted by Crippen LogP contribution is 2.33. The summed E-state index contributed by atoms with van der Waals surface area (Å²) in [5, 5.41) is 0.741. The number of amides is 1. The van der Waals surface area contributed by atoms with Crippen LogP contribution in [-0.2, 0) is 19.4 Å². The van der Waals surface area contributed by atoms with Gasteiger partial charge in [-0.25, -0.2) is 4.98 Å². The first-order valence-corrected chi connectivity index (χ1v) is 12.0. The molecule has 0 atom stereocenters. The van der Waals surface area contributed by atoms with Gasteiger partial charge < -0.3 is 14.6 Å². The van der Waals surface area contributed by atoms with Crippen LogP contribution in [0.4, 0.5) is 13.2 Å². The second-order valence-corrected chi connectivity index (χ2v) is 9.63. The van der Waals surface area contributed by atoms with Crippen LogP contribution >= 0.6 is 11.3 Å². The van der Waals surface area contributed by atoms with Gasteiger partial charge in [0, 0.05) is 36.6 Å². The van der Waals surface area contributed by atoms with Crippen molar-refractivity contribution in [2.45, 2.75) is 38.6 Å². The van der Waals surface area contributed by atoms with Crippen LogP contribution in [0.5, 0.6) is 5.75 Å². The van der Waals surface area contributed by atoms with E-state index in [0.29, 0.717) is 44.1 Å². The number of H-pyrrole nitrogens is 1. The lowest BCUT2D eigenvalue weighted by Gasteiger charge is -2.34. The number of nitrogens with zero attached hydrogens (tertiary/aromatic N) is 3. The lowest BCUT2D eigenvalue weighted by atomic mass is 9.97. The van der Waals surface area contributed by atoms with Gasteiger partial charge in [0.05, 0.1) is 11.9 Å². The molecule has 180 valence electrons. The predicted molar refractivity (Wildman–Crippen MR) is 121 cm³/mol. The van der Waals surface area contributed by atoms with Crippen molar-refractivity contribution < 1.29 is 22.7 Å². The SMILES string of the molecule is O=C(c1ccc(OC(F)(F)F)cc1)N1CCN(Cc2nc3sc4c(c3c(=O)[nH]2)CCCC4)CC1. The number of hydrogen-bond donors (Lipinski definition) is 1. The minimum atomic E-state index is -4.77. The summed E-state index contributed by atoms with van der Waals surface area (Å²) in [6.45, 7) is 2.63. The summed E-state index contributed by atoms with van der Waals surface area (Å²) in [5.74, 6) is 0.0189. The lowest BCUT2D eigenvalue weighted by molar-refractivity contribution is -0.274. The summed E-state index contributed by atoms with van der Waals surface area (Å²) in [6, 6.07) is 4.94. The normalized spacial score (nSPS) is 17.1. The van der Waals surface area contributed by atoms with Crippen LogP contribution in [0.25, 0.3) is 10.2 Å². The second kappa shape index (κ2) is 9.03. The third kappa shape index (κ3) is 4.80. The molecular weight excluding hydrogens is 469 g/mol. The molecule has 1 aliphatic heterocycles. The molecule has 1 amide bonds. The number of thiophene rings is 1. The highest BCUT2D eigenvalue weighted by atomic mass is 32.1. The molecule has 1 fully saturated rings. The number of fused-ring (bicyclic) bond motifs is 3. The third-order valence-electron chi connectivity index (χ3n) is 6.24. The molecule has 1 aliphatic carbocycles. The molecule has 0 unspecified atom stereocenters. The smallest absolute Gasteiger partial charge is 0.406 e. The Morgan fingerprint density at radius 1 is 1.09 bits per heavy atom. The molecule has 5 rings (SSSR count). The number of benzene rings is 1. The maximum absolute atomic E-state index is 12.7. The monoisotopic (exact) mass is 492 g/mol. The Morgan fingerprint density at radius 3 is 2.50 bits per heavy atom. The Hall–Kier alpha value is -2.92. The van der Waals surface area contributed by atoms with E-state index in [2.05, 4.69) is 14.6 Å². The first-order valence-electron chi connectivity index (χ1n) is 11.2. The second-order valence-electron chi connectivity index (χ2n) is 8.54. The fourth-order valence-corrected chi connectivity index (χ4v) is 5.87. The van der Waals surface area contributed by atoms with Crippen LogP contribution in [0.3, 0.4) is 0 Å². The molecule has 1 N–H and O–H groups in total. The number of aromatic amines is 1. The van der Waals surface area contributed by atoms with Gasteiger partial charge in [-0.1, -0.05) is 0 Å². The van der Waals surface area contributed by atoms with Crippen LogP contribution in [0, 0.1) is 0 Å². The van der Waals surface area contributed by atoms with E-state index in [1.165, 1.54) is 17.0 Å². The van der Waals surface area contributed by atoms with Gasteiger partial charge >= 0.3 is 6.36 Å². The topological polar surface area (TPSA) is 78.5 Å². The molecular formula is C23H23F3N4O3S. The van der Waals surface area contributed by atoms with Gasteiger partial charge in [0.25, 0.3) is 11.5 Å². The van der Waals surface area contributed by atoms with E-state index < -0.39 is 6.36 Å². The summed E-state index contributed by atoms with van der Waals surface area (Å²) in [7, 11) is 0. The molecule has 0 spiro atoms. The molecule has 3 heterocycles. The molecule has 0 saturated carbocycles. The standard InChI is InChI=1S/C23H23F3N4O3S/c24-23(25,26)33-15-7-5-14(6-8-15)22(32)30-11-9-29(10-12-30)13-18-27-20(31)19-16-3-1-2-4-17(16)34-21(19)28-18/h5-8H,1-4,9-13H2,(H,27,28,31). The van der Waals surface area contributed by atoms with Crippen molar-refractivity contribution in [1.82, 2.24) is 19.8 Å². The van der Waals surface area contributed by atoms with Gasteiger partial charge in [0.15, 0.2) is 0 Å². The lowest BCUT2D eigenvalue weighted by Crippen LogP contribution is -2.48. The summed E-state index contributed by atoms with van der Waals surface area (Å²) >= 11 is 1.62. The number of nitrogens with one attached hydrogen (secondary N) is 1. The van der Waals surface area contributed by atoms with Gasteiger partial charge in [0.2, 0.25) is 0 Å². The number of carbonyl (C=O) groups is 1. The number of piperazine rings is 1. The number of halogens is 3. The average molecular weight is 493 g/mol. The molecule has 0 radical (unpaired) electrons. The maximum Gasteiger partial charge on any atom is 0.573 e. The van der Waals surface area contributed by atoms with Gasteiger partial charge in [0.1, 0.15) is 16.4 Å². The summed E-state index contributed by atoms with van der Waals surface area (Å²) in [4.78, 5) is 39.0. The van der Waals surface area contributed by atoms with Crippen molar-refractivity contribution in [1.29, 1.82) is 0 Å². The van der Waals surface area contributed by atoms with Crippen LogP contribution < -0.4 is 10.3 Å². The quantitative estimate of drug-likeness (QED) is 0.601.